The molecule has 5 heteroatoms. The molecule has 0 aliphatic heterocycles. The van der Waals surface area contributed by atoms with Crippen LogP contribution in [-0.4, -0.2) is 35.1 Å². The van der Waals surface area contributed by atoms with E-state index in [1.807, 2.05) is 64.0 Å². The first-order valence-electron chi connectivity index (χ1n) is 9.99. The number of nitrogens with zero attached hydrogens (tertiary/aromatic N) is 3. The Hall–Kier alpha value is -2.97. The molecule has 0 radical (unpaired) electrons. The number of rotatable bonds is 5. The fraction of sp³-hybridized carbons (Fsp3) is 0.320. The van der Waals surface area contributed by atoms with Crippen molar-refractivity contribution < 1.29 is 8.78 Å². The summed E-state index contributed by atoms with van der Waals surface area (Å²) in [7, 11) is 3.78. The lowest BCUT2D eigenvalue weighted by atomic mass is 10.0. The SMILES string of the molecule is Cc1cc(CCc2c(F)ccc(C#CCN(C)C)c2F)nc(-n2c(C)ccc2C)c1. The van der Waals surface area contributed by atoms with E-state index in [4.69, 9.17) is 4.98 Å². The van der Waals surface area contributed by atoms with Gasteiger partial charge in [0.05, 0.1) is 12.1 Å². The van der Waals surface area contributed by atoms with Gasteiger partial charge in [0, 0.05) is 22.6 Å². The molecule has 3 aromatic rings. The normalized spacial score (nSPS) is 10.9. The Morgan fingerprint density at radius 2 is 1.67 bits per heavy atom. The van der Waals surface area contributed by atoms with Crippen molar-refractivity contribution in [3.63, 3.8) is 0 Å². The first-order chi connectivity index (χ1) is 14.3. The van der Waals surface area contributed by atoms with Gasteiger partial charge in [-0.25, -0.2) is 13.8 Å². The number of pyridine rings is 1. The molecule has 1 aromatic carbocycles. The maximum atomic E-state index is 14.9. The number of halogens is 2. The number of aryl methyl sites for hydroxylation is 4. The van der Waals surface area contributed by atoms with E-state index in [0.29, 0.717) is 13.0 Å². The Morgan fingerprint density at radius 3 is 2.33 bits per heavy atom. The van der Waals surface area contributed by atoms with E-state index >= 15 is 0 Å². The summed E-state index contributed by atoms with van der Waals surface area (Å²) in [6.45, 7) is 6.58. The van der Waals surface area contributed by atoms with Crippen molar-refractivity contribution in [3.05, 3.63) is 81.8 Å². The third-order valence-corrected chi connectivity index (χ3v) is 4.94. The summed E-state index contributed by atoms with van der Waals surface area (Å²) in [4.78, 5) is 6.64. The van der Waals surface area contributed by atoms with Gasteiger partial charge in [0.1, 0.15) is 17.5 Å². The molecule has 0 unspecified atom stereocenters. The molecule has 3 rings (SSSR count). The molecule has 156 valence electrons. The van der Waals surface area contributed by atoms with Crippen LogP contribution in [0.5, 0.6) is 0 Å². The molecule has 2 heterocycles. The Morgan fingerprint density at radius 1 is 0.967 bits per heavy atom. The quantitative estimate of drug-likeness (QED) is 0.568. The van der Waals surface area contributed by atoms with Crippen molar-refractivity contribution in [2.24, 2.45) is 0 Å². The molecule has 0 amide bonds. The van der Waals surface area contributed by atoms with Crippen LogP contribution in [0.2, 0.25) is 0 Å². The zero-order chi connectivity index (χ0) is 21.8. The largest absolute Gasteiger partial charge is 0.303 e. The van der Waals surface area contributed by atoms with Gasteiger partial charge in [-0.05, 0) is 89.7 Å². The van der Waals surface area contributed by atoms with E-state index in [-0.39, 0.29) is 17.5 Å². The van der Waals surface area contributed by atoms with Gasteiger partial charge in [-0.15, -0.1) is 0 Å². The lowest BCUT2D eigenvalue weighted by Gasteiger charge is -2.12. The molecule has 0 bridgehead atoms. The molecular weight excluding hydrogens is 380 g/mol. The highest BCUT2D eigenvalue weighted by atomic mass is 19.1. The van der Waals surface area contributed by atoms with Gasteiger partial charge < -0.3 is 4.57 Å². The van der Waals surface area contributed by atoms with Crippen molar-refractivity contribution in [2.45, 2.75) is 33.6 Å². The highest BCUT2D eigenvalue weighted by Crippen LogP contribution is 2.21. The molecule has 0 aliphatic rings. The fourth-order valence-electron chi connectivity index (χ4n) is 3.46. The Bertz CT molecular complexity index is 1100. The van der Waals surface area contributed by atoms with E-state index in [1.165, 1.54) is 12.1 Å². The van der Waals surface area contributed by atoms with Crippen molar-refractivity contribution in [1.82, 2.24) is 14.5 Å². The maximum Gasteiger partial charge on any atom is 0.144 e. The van der Waals surface area contributed by atoms with E-state index in [0.717, 1.165) is 28.5 Å². The van der Waals surface area contributed by atoms with Crippen LogP contribution < -0.4 is 0 Å². The van der Waals surface area contributed by atoms with Crippen LogP contribution in [0.25, 0.3) is 5.82 Å². The minimum atomic E-state index is -0.578. The van der Waals surface area contributed by atoms with E-state index < -0.39 is 11.6 Å². The molecule has 0 spiro atoms. The second-order valence-electron chi connectivity index (χ2n) is 7.87. The summed E-state index contributed by atoms with van der Waals surface area (Å²) in [5.41, 5.74) is 4.34. The second kappa shape index (κ2) is 9.23. The molecule has 3 nitrogen and oxygen atoms in total. The molecule has 30 heavy (non-hydrogen) atoms. The standard InChI is InChI=1S/C25H27F2N3/c1-17-15-21(28-24(16-17)30-18(2)8-9-19(30)3)11-12-22-23(26)13-10-20(25(22)27)7-6-14-29(4)5/h8-10,13,15-16H,11-12,14H2,1-5H3. The topological polar surface area (TPSA) is 21.1 Å². The van der Waals surface area contributed by atoms with Gasteiger partial charge in [0.15, 0.2) is 0 Å². The van der Waals surface area contributed by atoms with Gasteiger partial charge >= 0.3 is 0 Å². The molecule has 0 aliphatic carbocycles. The first-order valence-corrected chi connectivity index (χ1v) is 9.99. The van der Waals surface area contributed by atoms with Crippen molar-refractivity contribution in [1.29, 1.82) is 0 Å². The smallest absolute Gasteiger partial charge is 0.144 e. The summed E-state index contributed by atoms with van der Waals surface area (Å²) < 4.78 is 31.3. The zero-order valence-corrected chi connectivity index (χ0v) is 18.2. The molecule has 0 atom stereocenters. The van der Waals surface area contributed by atoms with Crippen molar-refractivity contribution in [2.75, 3.05) is 20.6 Å². The third kappa shape index (κ3) is 4.95. The zero-order valence-electron chi connectivity index (χ0n) is 18.2. The molecule has 0 saturated carbocycles. The molecule has 0 fully saturated rings. The number of benzene rings is 1. The number of hydrogen-bond acceptors (Lipinski definition) is 2. The average molecular weight is 408 g/mol. The second-order valence-corrected chi connectivity index (χ2v) is 7.87. The number of aromatic nitrogens is 2. The molecule has 0 N–H and O–H groups in total. The van der Waals surface area contributed by atoms with Crippen LogP contribution in [0, 0.1) is 44.2 Å². The van der Waals surface area contributed by atoms with Gasteiger partial charge in [-0.2, -0.15) is 0 Å². The summed E-state index contributed by atoms with van der Waals surface area (Å²) in [6.07, 6.45) is 0.664. The van der Waals surface area contributed by atoms with Crippen molar-refractivity contribution >= 4 is 0 Å². The minimum absolute atomic E-state index is 0.0600. The maximum absolute atomic E-state index is 14.9. The predicted molar refractivity (Wildman–Crippen MR) is 117 cm³/mol. The highest BCUT2D eigenvalue weighted by molar-refractivity contribution is 5.40. The average Bonchev–Trinajstić information content (AvgIpc) is 3.01. The van der Waals surface area contributed by atoms with Gasteiger partial charge in [0.2, 0.25) is 0 Å². The molecule has 0 saturated heterocycles. The summed E-state index contributed by atoms with van der Waals surface area (Å²) >= 11 is 0. The summed E-state index contributed by atoms with van der Waals surface area (Å²) in [5.74, 6) is 5.41. The summed E-state index contributed by atoms with van der Waals surface area (Å²) in [6, 6.07) is 10.8. The van der Waals surface area contributed by atoms with E-state index in [1.54, 1.807) is 0 Å². The lowest BCUT2D eigenvalue weighted by Crippen LogP contribution is -2.11. The fourth-order valence-corrected chi connectivity index (χ4v) is 3.46. The minimum Gasteiger partial charge on any atom is -0.303 e. The van der Waals surface area contributed by atoms with Gasteiger partial charge in [-0.1, -0.05) is 11.8 Å². The summed E-state index contributed by atoms with van der Waals surface area (Å²) in [5, 5.41) is 0. The van der Waals surface area contributed by atoms with Gasteiger partial charge in [0.25, 0.3) is 0 Å². The van der Waals surface area contributed by atoms with Crippen LogP contribution in [0.3, 0.4) is 0 Å². The lowest BCUT2D eigenvalue weighted by molar-refractivity contribution is 0.464. The van der Waals surface area contributed by atoms with Gasteiger partial charge in [-0.3, -0.25) is 4.90 Å². The Kier molecular flexibility index (Phi) is 6.69. The number of hydrogen-bond donors (Lipinski definition) is 0. The van der Waals surface area contributed by atoms with Crippen LogP contribution in [-0.2, 0) is 12.8 Å². The Balaban J connectivity index is 1.86. The highest BCUT2D eigenvalue weighted by Gasteiger charge is 2.14. The van der Waals surface area contributed by atoms with Crippen molar-refractivity contribution in [3.8, 4) is 17.7 Å². The molecular formula is C25H27F2N3. The molecule has 2 aromatic heterocycles. The van der Waals surface area contributed by atoms with Crippen LogP contribution >= 0.6 is 0 Å². The Labute approximate surface area is 177 Å². The van der Waals surface area contributed by atoms with Crippen LogP contribution in [0.4, 0.5) is 8.78 Å². The third-order valence-electron chi connectivity index (χ3n) is 4.94. The van der Waals surface area contributed by atoms with E-state index in [2.05, 4.69) is 16.4 Å². The predicted octanol–water partition coefficient (Wildman–Crippen LogP) is 4.77. The van der Waals surface area contributed by atoms with E-state index in [9.17, 15) is 8.78 Å². The first kappa shape index (κ1) is 21.7. The van der Waals surface area contributed by atoms with Crippen LogP contribution in [0.15, 0.2) is 36.4 Å². The monoisotopic (exact) mass is 407 g/mol. The van der Waals surface area contributed by atoms with Crippen LogP contribution in [0.1, 0.15) is 33.8 Å².